The van der Waals surface area contributed by atoms with E-state index in [1.165, 1.54) is 6.92 Å². The second-order valence-corrected chi connectivity index (χ2v) is 8.68. The minimum atomic E-state index is -0.846. The van der Waals surface area contributed by atoms with E-state index in [2.05, 4.69) is 26.0 Å². The lowest BCUT2D eigenvalue weighted by Crippen LogP contribution is -2.38. The maximum Gasteiger partial charge on any atom is 0.302 e. The van der Waals surface area contributed by atoms with Gasteiger partial charge in [0.25, 0.3) is 0 Å². The summed E-state index contributed by atoms with van der Waals surface area (Å²) in [6, 6.07) is 0. The Morgan fingerprint density at radius 3 is 2.54 bits per heavy atom. The molecule has 0 bridgehead atoms. The zero-order chi connectivity index (χ0) is 20.0. The number of hydrogen-bond acceptors (Lipinski definition) is 4. The van der Waals surface area contributed by atoms with Crippen LogP contribution in [-0.2, 0) is 14.3 Å². The minimum absolute atomic E-state index is 0.258. The Morgan fingerprint density at radius 2 is 2.00 bits per heavy atom. The maximum atomic E-state index is 12.0. The van der Waals surface area contributed by atoms with Crippen molar-refractivity contribution in [3.8, 4) is 0 Å². The molecule has 0 saturated heterocycles. The van der Waals surface area contributed by atoms with E-state index in [0.29, 0.717) is 25.2 Å². The van der Waals surface area contributed by atoms with Crippen molar-refractivity contribution in [2.24, 2.45) is 17.3 Å². The molecule has 1 aliphatic rings. The molecule has 148 valence electrons. The van der Waals surface area contributed by atoms with E-state index < -0.39 is 17.1 Å². The number of hydrogen-bond donors (Lipinski definition) is 1. The molecule has 26 heavy (non-hydrogen) atoms. The van der Waals surface area contributed by atoms with Crippen molar-refractivity contribution in [1.29, 1.82) is 0 Å². The molecule has 0 heterocycles. The predicted octanol–water partition coefficient (Wildman–Crippen LogP) is 4.61. The van der Waals surface area contributed by atoms with E-state index in [1.807, 2.05) is 26.8 Å². The molecule has 0 amide bonds. The molecule has 4 heteroatoms. The predicted molar refractivity (Wildman–Crippen MR) is 105 cm³/mol. The summed E-state index contributed by atoms with van der Waals surface area (Å²) < 4.78 is 5.56. The molecule has 0 aromatic rings. The monoisotopic (exact) mass is 364 g/mol. The van der Waals surface area contributed by atoms with E-state index in [-0.39, 0.29) is 11.9 Å². The number of allylic oxidation sites excluding steroid dienone is 2. The van der Waals surface area contributed by atoms with E-state index in [4.69, 9.17) is 4.74 Å². The van der Waals surface area contributed by atoms with Crippen LogP contribution in [0.15, 0.2) is 23.8 Å². The number of carbonyl (C=O) groups is 2. The van der Waals surface area contributed by atoms with Crippen LogP contribution in [0, 0.1) is 17.3 Å². The fraction of sp³-hybridized carbons (Fsp3) is 0.727. The Kier molecular flexibility index (Phi) is 8.26. The SMILES string of the molecule is CC(=O)O[C@H]1C/C(C)=C/CC[C@@](C)(O)/C=C/C(C(C)C)CC[C@]1(C)C=O. The van der Waals surface area contributed by atoms with Crippen LogP contribution in [-0.4, -0.2) is 29.1 Å². The smallest absolute Gasteiger partial charge is 0.302 e. The van der Waals surface area contributed by atoms with Gasteiger partial charge in [-0.3, -0.25) is 4.79 Å². The van der Waals surface area contributed by atoms with Gasteiger partial charge in [-0.2, -0.15) is 0 Å². The Labute approximate surface area is 158 Å². The van der Waals surface area contributed by atoms with E-state index in [0.717, 1.165) is 24.7 Å². The highest BCUT2D eigenvalue weighted by molar-refractivity contribution is 5.68. The van der Waals surface area contributed by atoms with Crippen LogP contribution < -0.4 is 0 Å². The lowest BCUT2D eigenvalue weighted by atomic mass is 9.75. The molecule has 1 N–H and O–H groups in total. The van der Waals surface area contributed by atoms with Crippen LogP contribution in [0.4, 0.5) is 0 Å². The van der Waals surface area contributed by atoms with Crippen molar-refractivity contribution in [2.75, 3.05) is 0 Å². The Bertz CT molecular complexity index is 544. The van der Waals surface area contributed by atoms with Gasteiger partial charge in [0, 0.05) is 13.3 Å². The van der Waals surface area contributed by atoms with Gasteiger partial charge < -0.3 is 14.6 Å². The molecule has 4 nitrogen and oxygen atoms in total. The normalized spacial score (nSPS) is 37.5. The highest BCUT2D eigenvalue weighted by Gasteiger charge is 2.37. The Hall–Kier alpha value is -1.42. The molecular weight excluding hydrogens is 328 g/mol. The molecule has 4 atom stereocenters. The third-order valence-corrected chi connectivity index (χ3v) is 5.54. The maximum absolute atomic E-state index is 12.0. The zero-order valence-electron chi connectivity index (χ0n) is 17.2. The molecule has 0 saturated carbocycles. The van der Waals surface area contributed by atoms with Crippen molar-refractivity contribution in [2.45, 2.75) is 85.4 Å². The summed E-state index contributed by atoms with van der Waals surface area (Å²) in [5.74, 6) is 0.298. The molecule has 0 aromatic heterocycles. The number of rotatable bonds is 3. The topological polar surface area (TPSA) is 63.6 Å². The number of aldehydes is 1. The lowest BCUT2D eigenvalue weighted by molar-refractivity contribution is -0.154. The fourth-order valence-corrected chi connectivity index (χ4v) is 3.44. The van der Waals surface area contributed by atoms with Gasteiger partial charge in [-0.1, -0.05) is 37.6 Å². The number of ether oxygens (including phenoxy) is 1. The Morgan fingerprint density at radius 1 is 1.35 bits per heavy atom. The van der Waals surface area contributed by atoms with Crippen LogP contribution in [0.5, 0.6) is 0 Å². The van der Waals surface area contributed by atoms with Gasteiger partial charge in [0.15, 0.2) is 0 Å². The van der Waals surface area contributed by atoms with Crippen molar-refractivity contribution in [3.05, 3.63) is 23.8 Å². The molecule has 0 spiro atoms. The molecule has 1 unspecified atom stereocenters. The highest BCUT2D eigenvalue weighted by atomic mass is 16.5. The summed E-state index contributed by atoms with van der Waals surface area (Å²) in [5, 5.41) is 10.6. The number of aliphatic hydroxyl groups is 1. The lowest BCUT2D eigenvalue weighted by Gasteiger charge is -2.34. The third-order valence-electron chi connectivity index (χ3n) is 5.54. The first-order valence-corrected chi connectivity index (χ1v) is 9.70. The summed E-state index contributed by atoms with van der Waals surface area (Å²) >= 11 is 0. The van der Waals surface area contributed by atoms with Crippen LogP contribution >= 0.6 is 0 Å². The van der Waals surface area contributed by atoms with Gasteiger partial charge in [0.1, 0.15) is 12.4 Å². The van der Waals surface area contributed by atoms with Gasteiger partial charge in [0.2, 0.25) is 0 Å². The fourth-order valence-electron chi connectivity index (χ4n) is 3.44. The van der Waals surface area contributed by atoms with Crippen LogP contribution in [0.2, 0.25) is 0 Å². The molecular formula is C22H36O4. The molecule has 0 radical (unpaired) electrons. The largest absolute Gasteiger partial charge is 0.461 e. The summed E-state index contributed by atoms with van der Waals surface area (Å²) in [4.78, 5) is 23.6. The second-order valence-electron chi connectivity index (χ2n) is 8.68. The minimum Gasteiger partial charge on any atom is -0.461 e. The van der Waals surface area contributed by atoms with E-state index >= 15 is 0 Å². The molecule has 1 aliphatic carbocycles. The van der Waals surface area contributed by atoms with Crippen molar-refractivity contribution < 1.29 is 19.4 Å². The van der Waals surface area contributed by atoms with Crippen LogP contribution in [0.25, 0.3) is 0 Å². The van der Waals surface area contributed by atoms with Crippen LogP contribution in [0.1, 0.15) is 73.6 Å². The molecule has 0 aliphatic heterocycles. The van der Waals surface area contributed by atoms with Crippen molar-refractivity contribution in [1.82, 2.24) is 0 Å². The third kappa shape index (κ3) is 7.06. The summed E-state index contributed by atoms with van der Waals surface area (Å²) in [5.41, 5.74) is -0.497. The van der Waals surface area contributed by atoms with Gasteiger partial charge >= 0.3 is 5.97 Å². The quantitative estimate of drug-likeness (QED) is 0.451. The van der Waals surface area contributed by atoms with Gasteiger partial charge in [-0.05, 0) is 58.3 Å². The average molecular weight is 365 g/mol. The first-order valence-electron chi connectivity index (χ1n) is 9.70. The zero-order valence-corrected chi connectivity index (χ0v) is 17.2. The molecule has 0 fully saturated rings. The van der Waals surface area contributed by atoms with Gasteiger partial charge in [-0.15, -0.1) is 0 Å². The summed E-state index contributed by atoms with van der Waals surface area (Å²) in [7, 11) is 0. The number of carbonyl (C=O) groups excluding carboxylic acids is 2. The molecule has 0 aromatic carbocycles. The average Bonchev–Trinajstić information content (AvgIpc) is 2.52. The first kappa shape index (κ1) is 22.6. The summed E-state index contributed by atoms with van der Waals surface area (Å²) in [6.07, 6.45) is 9.90. The highest BCUT2D eigenvalue weighted by Crippen LogP contribution is 2.35. The number of esters is 1. The van der Waals surface area contributed by atoms with Crippen molar-refractivity contribution in [3.63, 3.8) is 0 Å². The Balaban J connectivity index is 3.22. The van der Waals surface area contributed by atoms with E-state index in [1.54, 1.807) is 0 Å². The van der Waals surface area contributed by atoms with Crippen molar-refractivity contribution >= 4 is 12.3 Å². The van der Waals surface area contributed by atoms with Gasteiger partial charge in [0.05, 0.1) is 11.0 Å². The van der Waals surface area contributed by atoms with Crippen LogP contribution in [0.3, 0.4) is 0 Å². The second kappa shape index (κ2) is 9.50. The standard InChI is InChI=1S/C22H36O4/c1-16(2)19-9-12-21(5,15-23)20(26-18(4)24)14-17(3)8-7-11-22(6,25)13-10-19/h8,10,13,15-16,19-20,25H,7,9,11-12,14H2,1-6H3/b13-10+,17-8+/t19?,20-,21+,22+/m0/s1. The van der Waals surface area contributed by atoms with Gasteiger partial charge in [-0.25, -0.2) is 0 Å². The first-order chi connectivity index (χ1) is 12.0. The molecule has 1 rings (SSSR count). The summed E-state index contributed by atoms with van der Waals surface area (Å²) in [6.45, 7) is 11.4. The van der Waals surface area contributed by atoms with E-state index in [9.17, 15) is 14.7 Å².